The number of hydrogen-bond donors (Lipinski definition) is 1. The Bertz CT molecular complexity index is 931. The van der Waals surface area contributed by atoms with E-state index in [-0.39, 0.29) is 11.7 Å². The predicted octanol–water partition coefficient (Wildman–Crippen LogP) is 3.77. The number of para-hydroxylation sites is 1. The molecule has 0 unspecified atom stereocenters. The molecule has 0 aliphatic carbocycles. The molecule has 0 aliphatic heterocycles. The van der Waals surface area contributed by atoms with Crippen molar-refractivity contribution in [2.75, 3.05) is 12.4 Å². The number of carbonyl (C=O) groups is 2. The molecule has 3 rings (SSSR count). The number of esters is 1. The van der Waals surface area contributed by atoms with Crippen LogP contribution in [0.25, 0.3) is 10.9 Å². The molecule has 0 fully saturated rings. The minimum absolute atomic E-state index is 0.274. The van der Waals surface area contributed by atoms with E-state index in [1.54, 1.807) is 17.7 Å². The number of nitrogens with zero attached hydrogens (tertiary/aromatic N) is 1. The first-order valence-electron chi connectivity index (χ1n) is 7.75. The summed E-state index contributed by atoms with van der Waals surface area (Å²) in [6.45, 7) is 1.73. The Morgan fingerprint density at radius 3 is 2.48 bits per heavy atom. The lowest BCUT2D eigenvalue weighted by atomic mass is 10.2. The normalized spacial score (nSPS) is 12.0. The van der Waals surface area contributed by atoms with Crippen molar-refractivity contribution in [1.29, 1.82) is 0 Å². The first-order valence-corrected chi connectivity index (χ1v) is 7.75. The molecule has 6 heteroatoms. The summed E-state index contributed by atoms with van der Waals surface area (Å²) in [5.41, 5.74) is 1.66. The van der Waals surface area contributed by atoms with Gasteiger partial charge in [0, 0.05) is 22.8 Å². The molecule has 1 amide bonds. The van der Waals surface area contributed by atoms with Crippen molar-refractivity contribution in [1.82, 2.24) is 4.57 Å². The number of nitrogens with one attached hydrogen (secondary N) is 1. The van der Waals surface area contributed by atoms with Crippen LogP contribution in [0.15, 0.2) is 54.7 Å². The van der Waals surface area contributed by atoms with E-state index in [4.69, 9.17) is 4.74 Å². The van der Waals surface area contributed by atoms with E-state index in [1.165, 1.54) is 31.4 Å². The van der Waals surface area contributed by atoms with Crippen molar-refractivity contribution < 1.29 is 18.7 Å². The highest BCUT2D eigenvalue weighted by Crippen LogP contribution is 2.26. The van der Waals surface area contributed by atoms with E-state index in [9.17, 15) is 14.0 Å². The summed E-state index contributed by atoms with van der Waals surface area (Å²) < 4.78 is 19.5. The van der Waals surface area contributed by atoms with Gasteiger partial charge in [-0.25, -0.2) is 9.18 Å². The van der Waals surface area contributed by atoms with E-state index in [0.29, 0.717) is 11.3 Å². The number of rotatable bonds is 4. The third-order valence-corrected chi connectivity index (χ3v) is 4.05. The summed E-state index contributed by atoms with van der Waals surface area (Å²) in [6, 6.07) is 12.3. The highest BCUT2D eigenvalue weighted by molar-refractivity contribution is 6.05. The largest absolute Gasteiger partial charge is 0.465 e. The highest BCUT2D eigenvalue weighted by atomic mass is 19.1. The zero-order valence-corrected chi connectivity index (χ0v) is 13.8. The molecule has 0 spiro atoms. The van der Waals surface area contributed by atoms with Crippen LogP contribution < -0.4 is 5.32 Å². The van der Waals surface area contributed by atoms with E-state index < -0.39 is 12.0 Å². The molecular weight excluding hydrogens is 323 g/mol. The highest BCUT2D eigenvalue weighted by Gasteiger charge is 2.21. The number of hydrogen-bond acceptors (Lipinski definition) is 3. The summed E-state index contributed by atoms with van der Waals surface area (Å²) in [5.74, 6) is -1.10. The minimum atomic E-state index is -0.576. The van der Waals surface area contributed by atoms with Gasteiger partial charge in [-0.15, -0.1) is 0 Å². The number of halogens is 1. The van der Waals surface area contributed by atoms with Crippen molar-refractivity contribution in [2.24, 2.45) is 0 Å². The van der Waals surface area contributed by atoms with Crippen molar-refractivity contribution in [3.8, 4) is 0 Å². The Morgan fingerprint density at radius 1 is 1.12 bits per heavy atom. The minimum Gasteiger partial charge on any atom is -0.465 e. The molecule has 25 heavy (non-hydrogen) atoms. The molecule has 1 aromatic heterocycles. The second-order valence-corrected chi connectivity index (χ2v) is 5.63. The van der Waals surface area contributed by atoms with Gasteiger partial charge in [0.1, 0.15) is 11.9 Å². The molecule has 0 saturated carbocycles. The summed E-state index contributed by atoms with van der Waals surface area (Å²) in [5, 5.41) is 3.46. The Labute approximate surface area is 144 Å². The van der Waals surface area contributed by atoms with Crippen molar-refractivity contribution in [2.45, 2.75) is 13.0 Å². The molecule has 0 bridgehead atoms. The lowest BCUT2D eigenvalue weighted by Crippen LogP contribution is -2.23. The maximum absolute atomic E-state index is 13.0. The maximum atomic E-state index is 13.0. The van der Waals surface area contributed by atoms with Crippen molar-refractivity contribution >= 4 is 28.5 Å². The second-order valence-electron chi connectivity index (χ2n) is 5.63. The number of anilines is 1. The lowest BCUT2D eigenvalue weighted by Gasteiger charge is -2.15. The summed E-state index contributed by atoms with van der Waals surface area (Å²) in [7, 11) is 1.32. The first kappa shape index (κ1) is 16.7. The third-order valence-electron chi connectivity index (χ3n) is 4.05. The van der Waals surface area contributed by atoms with Crippen LogP contribution in [0.3, 0.4) is 0 Å². The predicted molar refractivity (Wildman–Crippen MR) is 93.0 cm³/mol. The average Bonchev–Trinajstić information content (AvgIpc) is 3.02. The van der Waals surface area contributed by atoms with E-state index >= 15 is 0 Å². The molecule has 5 nitrogen and oxygen atoms in total. The van der Waals surface area contributed by atoms with Gasteiger partial charge in [-0.3, -0.25) is 4.79 Å². The Hall–Kier alpha value is -3.15. The zero-order chi connectivity index (χ0) is 18.0. The van der Waals surface area contributed by atoms with Crippen LogP contribution in [0.2, 0.25) is 0 Å². The van der Waals surface area contributed by atoms with Crippen molar-refractivity contribution in [3.63, 3.8) is 0 Å². The van der Waals surface area contributed by atoms with Gasteiger partial charge in [0.2, 0.25) is 5.91 Å². The summed E-state index contributed by atoms with van der Waals surface area (Å²) >= 11 is 0. The first-order chi connectivity index (χ1) is 12.0. The van der Waals surface area contributed by atoms with Crippen LogP contribution in [0.1, 0.15) is 23.3 Å². The fourth-order valence-corrected chi connectivity index (χ4v) is 2.70. The van der Waals surface area contributed by atoms with Gasteiger partial charge in [0.25, 0.3) is 0 Å². The van der Waals surface area contributed by atoms with Crippen LogP contribution in [0.5, 0.6) is 0 Å². The van der Waals surface area contributed by atoms with Gasteiger partial charge in [0.05, 0.1) is 12.7 Å². The monoisotopic (exact) mass is 340 g/mol. The Balaban J connectivity index is 1.93. The van der Waals surface area contributed by atoms with Gasteiger partial charge in [-0.2, -0.15) is 0 Å². The van der Waals surface area contributed by atoms with E-state index in [2.05, 4.69) is 5.32 Å². The molecular formula is C19H17FN2O3. The number of benzene rings is 2. The smallest absolute Gasteiger partial charge is 0.340 e. The summed E-state index contributed by atoms with van der Waals surface area (Å²) in [6.07, 6.45) is 1.62. The van der Waals surface area contributed by atoms with Crippen LogP contribution in [0, 0.1) is 5.82 Å². The zero-order valence-electron chi connectivity index (χ0n) is 13.8. The van der Waals surface area contributed by atoms with Crippen molar-refractivity contribution in [3.05, 3.63) is 66.1 Å². The van der Waals surface area contributed by atoms with Gasteiger partial charge >= 0.3 is 5.97 Å². The molecule has 1 heterocycles. The number of methoxy groups -OCH3 is 1. The summed E-state index contributed by atoms with van der Waals surface area (Å²) in [4.78, 5) is 24.5. The number of amides is 1. The number of aromatic nitrogens is 1. The fourth-order valence-electron chi connectivity index (χ4n) is 2.70. The molecule has 0 aliphatic rings. The molecule has 0 saturated heterocycles. The molecule has 0 radical (unpaired) electrons. The van der Waals surface area contributed by atoms with E-state index in [0.717, 1.165) is 10.9 Å². The van der Waals surface area contributed by atoms with E-state index in [1.807, 2.05) is 24.3 Å². The Kier molecular flexibility index (Phi) is 4.52. The fraction of sp³-hybridized carbons (Fsp3) is 0.158. The number of carbonyl (C=O) groups excluding carboxylic acids is 2. The standard InChI is InChI=1S/C19H17FN2O3/c1-12(18(23)21-14-9-7-13(20)8-10-14)22-11-16(19(24)25-2)15-5-3-4-6-17(15)22/h3-12H,1-2H3,(H,21,23)/t12-/m0/s1. The van der Waals surface area contributed by atoms with Gasteiger partial charge in [0.15, 0.2) is 0 Å². The maximum Gasteiger partial charge on any atom is 0.340 e. The molecule has 1 N–H and O–H groups in total. The second kappa shape index (κ2) is 6.76. The number of ether oxygens (including phenoxy) is 1. The molecule has 2 aromatic carbocycles. The van der Waals surface area contributed by atoms with Crippen LogP contribution in [0.4, 0.5) is 10.1 Å². The van der Waals surface area contributed by atoms with Crippen LogP contribution >= 0.6 is 0 Å². The van der Waals surface area contributed by atoms with Gasteiger partial charge in [-0.1, -0.05) is 18.2 Å². The van der Waals surface area contributed by atoms with Gasteiger partial charge in [-0.05, 0) is 37.3 Å². The topological polar surface area (TPSA) is 60.3 Å². The third kappa shape index (κ3) is 3.24. The molecule has 3 aromatic rings. The SMILES string of the molecule is COC(=O)c1cn([C@@H](C)C(=O)Nc2ccc(F)cc2)c2ccccc12. The molecule has 128 valence electrons. The number of fused-ring (bicyclic) bond motifs is 1. The Morgan fingerprint density at radius 2 is 1.80 bits per heavy atom. The lowest BCUT2D eigenvalue weighted by molar-refractivity contribution is -0.118. The molecule has 1 atom stereocenters. The average molecular weight is 340 g/mol. The quantitative estimate of drug-likeness (QED) is 0.736. The van der Waals surface area contributed by atoms with Gasteiger partial charge < -0.3 is 14.6 Å². The van der Waals surface area contributed by atoms with Crippen LogP contribution in [-0.2, 0) is 9.53 Å². The van der Waals surface area contributed by atoms with Crippen LogP contribution in [-0.4, -0.2) is 23.6 Å².